The summed E-state index contributed by atoms with van der Waals surface area (Å²) in [6, 6.07) is 0. The lowest BCUT2D eigenvalue weighted by molar-refractivity contribution is -0.161. The van der Waals surface area contributed by atoms with Gasteiger partial charge in [-0.3, -0.25) is 9.69 Å². The van der Waals surface area contributed by atoms with E-state index in [0.29, 0.717) is 19.6 Å². The normalized spacial score (nSPS) is 27.9. The quantitative estimate of drug-likeness (QED) is 0.736. The molecule has 1 fully saturated rings. The maximum absolute atomic E-state index is 11.3. The Hall–Kier alpha value is -0.610. The number of ether oxygens (including phenoxy) is 1. The van der Waals surface area contributed by atoms with Crippen molar-refractivity contribution in [2.45, 2.75) is 32.2 Å². The number of hydrogen-bond donors (Lipinski definition) is 1. The van der Waals surface area contributed by atoms with Crippen LogP contribution >= 0.6 is 0 Å². The molecule has 0 spiro atoms. The van der Waals surface area contributed by atoms with Crippen LogP contribution in [0.25, 0.3) is 0 Å². The molecule has 1 N–H and O–H groups in total. The summed E-state index contributed by atoms with van der Waals surface area (Å²) in [5, 5.41) is 9.30. The molecule has 0 bridgehead atoms. The minimum atomic E-state index is -0.776. The highest BCUT2D eigenvalue weighted by atomic mass is 16.5. The van der Waals surface area contributed by atoms with Gasteiger partial charge < -0.3 is 9.84 Å². The molecule has 0 aromatic rings. The monoisotopic (exact) mass is 201 g/mol. The maximum atomic E-state index is 11.3. The SMILES string of the molecule is CCN(CC)C1(C(=O)O)CCCOC1. The van der Waals surface area contributed by atoms with Crippen LogP contribution in [0.4, 0.5) is 0 Å². The highest BCUT2D eigenvalue weighted by Crippen LogP contribution is 2.26. The molecule has 0 radical (unpaired) electrons. The molecule has 82 valence electrons. The molecule has 0 aliphatic carbocycles. The van der Waals surface area contributed by atoms with Crippen molar-refractivity contribution < 1.29 is 14.6 Å². The van der Waals surface area contributed by atoms with Crippen molar-refractivity contribution >= 4 is 5.97 Å². The van der Waals surface area contributed by atoms with Gasteiger partial charge in [0.25, 0.3) is 0 Å². The summed E-state index contributed by atoms with van der Waals surface area (Å²) in [5.41, 5.74) is -0.776. The van der Waals surface area contributed by atoms with E-state index in [1.807, 2.05) is 18.7 Å². The van der Waals surface area contributed by atoms with Crippen molar-refractivity contribution in [2.75, 3.05) is 26.3 Å². The van der Waals surface area contributed by atoms with Gasteiger partial charge in [0.15, 0.2) is 0 Å². The zero-order chi connectivity index (χ0) is 10.6. The predicted octanol–water partition coefficient (Wildman–Crippen LogP) is 0.962. The maximum Gasteiger partial charge on any atom is 0.326 e. The van der Waals surface area contributed by atoms with Gasteiger partial charge in [0.05, 0.1) is 6.61 Å². The zero-order valence-corrected chi connectivity index (χ0v) is 8.95. The minimum Gasteiger partial charge on any atom is -0.480 e. The van der Waals surface area contributed by atoms with Crippen LogP contribution in [-0.2, 0) is 9.53 Å². The first kappa shape index (κ1) is 11.5. The van der Waals surface area contributed by atoms with E-state index in [2.05, 4.69) is 0 Å². The van der Waals surface area contributed by atoms with E-state index in [9.17, 15) is 9.90 Å². The van der Waals surface area contributed by atoms with Crippen molar-refractivity contribution in [2.24, 2.45) is 0 Å². The van der Waals surface area contributed by atoms with Crippen LogP contribution < -0.4 is 0 Å². The van der Waals surface area contributed by atoms with Gasteiger partial charge in [0.1, 0.15) is 5.54 Å². The van der Waals surface area contributed by atoms with Crippen molar-refractivity contribution in [3.8, 4) is 0 Å². The Kier molecular flexibility index (Phi) is 3.89. The molecule has 0 amide bonds. The standard InChI is InChI=1S/C10H19NO3/c1-3-11(4-2)10(9(12)13)6-5-7-14-8-10/h3-8H2,1-2H3,(H,12,13). The Bertz CT molecular complexity index is 196. The topological polar surface area (TPSA) is 49.8 Å². The number of nitrogens with zero attached hydrogens (tertiary/aromatic N) is 1. The van der Waals surface area contributed by atoms with Crippen LogP contribution in [-0.4, -0.2) is 47.8 Å². The molecular weight excluding hydrogens is 182 g/mol. The number of aliphatic carboxylic acids is 1. The molecule has 1 aliphatic rings. The molecular formula is C10H19NO3. The highest BCUT2D eigenvalue weighted by Gasteiger charge is 2.44. The highest BCUT2D eigenvalue weighted by molar-refractivity contribution is 5.79. The Morgan fingerprint density at radius 3 is 2.50 bits per heavy atom. The van der Waals surface area contributed by atoms with E-state index < -0.39 is 11.5 Å². The lowest BCUT2D eigenvalue weighted by atomic mass is 9.90. The third-order valence-corrected chi connectivity index (χ3v) is 2.99. The summed E-state index contributed by atoms with van der Waals surface area (Å²) in [5.74, 6) is -0.749. The van der Waals surface area contributed by atoms with Crippen molar-refractivity contribution in [1.82, 2.24) is 4.90 Å². The van der Waals surface area contributed by atoms with Crippen molar-refractivity contribution in [3.05, 3.63) is 0 Å². The molecule has 14 heavy (non-hydrogen) atoms. The molecule has 0 saturated carbocycles. The smallest absolute Gasteiger partial charge is 0.326 e. The van der Waals surface area contributed by atoms with Gasteiger partial charge in [-0.1, -0.05) is 13.8 Å². The summed E-state index contributed by atoms with van der Waals surface area (Å²) < 4.78 is 5.31. The van der Waals surface area contributed by atoms with Crippen LogP contribution in [0.5, 0.6) is 0 Å². The first-order valence-corrected chi connectivity index (χ1v) is 5.23. The minimum absolute atomic E-state index is 0.323. The molecule has 1 rings (SSSR count). The summed E-state index contributed by atoms with van der Waals surface area (Å²) in [6.07, 6.45) is 1.53. The van der Waals surface area contributed by atoms with Gasteiger partial charge >= 0.3 is 5.97 Å². The van der Waals surface area contributed by atoms with E-state index in [4.69, 9.17) is 4.74 Å². The van der Waals surface area contributed by atoms with Gasteiger partial charge in [-0.2, -0.15) is 0 Å². The second-order valence-corrected chi connectivity index (χ2v) is 3.67. The van der Waals surface area contributed by atoms with E-state index in [1.165, 1.54) is 0 Å². The van der Waals surface area contributed by atoms with E-state index in [-0.39, 0.29) is 0 Å². The second-order valence-electron chi connectivity index (χ2n) is 3.67. The van der Waals surface area contributed by atoms with Crippen LogP contribution in [0.2, 0.25) is 0 Å². The molecule has 0 aromatic heterocycles. The molecule has 1 heterocycles. The van der Waals surface area contributed by atoms with Crippen molar-refractivity contribution in [3.63, 3.8) is 0 Å². The van der Waals surface area contributed by atoms with Gasteiger partial charge in [-0.25, -0.2) is 0 Å². The van der Waals surface area contributed by atoms with Crippen LogP contribution in [0.1, 0.15) is 26.7 Å². The largest absolute Gasteiger partial charge is 0.480 e. The molecule has 1 aliphatic heterocycles. The number of rotatable bonds is 4. The average molecular weight is 201 g/mol. The molecule has 1 saturated heterocycles. The predicted molar refractivity (Wildman–Crippen MR) is 53.3 cm³/mol. The molecule has 4 nitrogen and oxygen atoms in total. The van der Waals surface area contributed by atoms with Gasteiger partial charge in [0, 0.05) is 6.61 Å². The lowest BCUT2D eigenvalue weighted by Gasteiger charge is -2.41. The second kappa shape index (κ2) is 4.75. The van der Waals surface area contributed by atoms with E-state index >= 15 is 0 Å². The summed E-state index contributed by atoms with van der Waals surface area (Å²) in [6.45, 7) is 6.50. The zero-order valence-electron chi connectivity index (χ0n) is 8.95. The number of carboxylic acid groups (broad SMARTS) is 1. The average Bonchev–Trinajstić information content (AvgIpc) is 2.21. The fourth-order valence-corrected chi connectivity index (χ4v) is 2.16. The van der Waals surface area contributed by atoms with Crippen molar-refractivity contribution in [1.29, 1.82) is 0 Å². The fraction of sp³-hybridized carbons (Fsp3) is 0.900. The number of carbonyl (C=O) groups is 1. The van der Waals surface area contributed by atoms with E-state index in [0.717, 1.165) is 19.5 Å². The third kappa shape index (κ3) is 1.91. The molecule has 0 aromatic carbocycles. The van der Waals surface area contributed by atoms with Gasteiger partial charge in [-0.15, -0.1) is 0 Å². The number of carboxylic acids is 1. The Balaban J connectivity index is 2.83. The fourth-order valence-electron chi connectivity index (χ4n) is 2.16. The molecule has 1 atom stereocenters. The first-order valence-electron chi connectivity index (χ1n) is 5.23. The van der Waals surface area contributed by atoms with Crippen LogP contribution in [0.15, 0.2) is 0 Å². The van der Waals surface area contributed by atoms with Crippen LogP contribution in [0, 0.1) is 0 Å². The van der Waals surface area contributed by atoms with Gasteiger partial charge in [0.2, 0.25) is 0 Å². The Morgan fingerprint density at radius 2 is 2.14 bits per heavy atom. The number of hydrogen-bond acceptors (Lipinski definition) is 3. The van der Waals surface area contributed by atoms with Crippen LogP contribution in [0.3, 0.4) is 0 Å². The third-order valence-electron chi connectivity index (χ3n) is 2.99. The number of likely N-dealkylation sites (N-methyl/N-ethyl adjacent to an activating group) is 1. The first-order chi connectivity index (χ1) is 6.67. The van der Waals surface area contributed by atoms with Gasteiger partial charge in [-0.05, 0) is 25.9 Å². The Morgan fingerprint density at radius 1 is 1.50 bits per heavy atom. The summed E-state index contributed by atoms with van der Waals surface area (Å²) in [7, 11) is 0. The lowest BCUT2D eigenvalue weighted by Crippen LogP contribution is -2.59. The summed E-state index contributed by atoms with van der Waals surface area (Å²) >= 11 is 0. The molecule has 1 unspecified atom stereocenters. The summed E-state index contributed by atoms with van der Waals surface area (Å²) in [4.78, 5) is 13.3. The Labute approximate surface area is 84.8 Å². The van der Waals surface area contributed by atoms with E-state index in [1.54, 1.807) is 0 Å². The molecule has 4 heteroatoms.